The second-order valence-electron chi connectivity index (χ2n) is 4.94. The van der Waals surface area contributed by atoms with E-state index in [0.717, 1.165) is 10.1 Å². The van der Waals surface area contributed by atoms with E-state index < -0.39 is 17.7 Å². The first kappa shape index (κ1) is 14.6. The number of para-hydroxylation sites is 2. The summed E-state index contributed by atoms with van der Waals surface area (Å²) >= 11 is 0. The second kappa shape index (κ2) is 5.80. The molecule has 2 aromatic carbocycles. The SMILES string of the molecule is O=C(O)c1ccc(CNC(=O)n2c(=O)[nH]c3ccccc32)cc1. The minimum absolute atomic E-state index is 0.174. The number of aromatic nitrogens is 2. The van der Waals surface area contributed by atoms with Crippen molar-refractivity contribution in [2.75, 3.05) is 0 Å². The van der Waals surface area contributed by atoms with Crippen molar-refractivity contribution < 1.29 is 14.7 Å². The number of fused-ring (bicyclic) bond motifs is 1. The molecular formula is C16H13N3O4. The van der Waals surface area contributed by atoms with Gasteiger partial charge in [-0.3, -0.25) is 0 Å². The van der Waals surface area contributed by atoms with Gasteiger partial charge in [-0.25, -0.2) is 19.0 Å². The molecule has 0 spiro atoms. The van der Waals surface area contributed by atoms with Crippen LogP contribution in [0.2, 0.25) is 0 Å². The minimum Gasteiger partial charge on any atom is -0.478 e. The third-order valence-corrected chi connectivity index (χ3v) is 3.44. The number of carbonyl (C=O) groups is 2. The van der Waals surface area contributed by atoms with Gasteiger partial charge in [0, 0.05) is 6.54 Å². The van der Waals surface area contributed by atoms with E-state index in [9.17, 15) is 14.4 Å². The molecule has 1 heterocycles. The van der Waals surface area contributed by atoms with Crippen molar-refractivity contribution >= 4 is 23.0 Å². The van der Waals surface area contributed by atoms with Crippen LogP contribution in [-0.4, -0.2) is 26.7 Å². The van der Waals surface area contributed by atoms with E-state index in [2.05, 4.69) is 10.3 Å². The maximum absolute atomic E-state index is 12.2. The molecule has 0 saturated carbocycles. The highest BCUT2D eigenvalue weighted by Gasteiger charge is 2.13. The van der Waals surface area contributed by atoms with Crippen LogP contribution in [-0.2, 0) is 6.54 Å². The number of H-pyrrole nitrogens is 1. The van der Waals surface area contributed by atoms with Crippen LogP contribution in [0.5, 0.6) is 0 Å². The lowest BCUT2D eigenvalue weighted by Gasteiger charge is -2.06. The summed E-state index contributed by atoms with van der Waals surface area (Å²) in [6, 6.07) is 12.5. The molecule has 3 aromatic rings. The number of hydrogen-bond acceptors (Lipinski definition) is 3. The zero-order chi connectivity index (χ0) is 16.4. The van der Waals surface area contributed by atoms with Crippen LogP contribution < -0.4 is 11.0 Å². The zero-order valence-electron chi connectivity index (χ0n) is 11.9. The summed E-state index contributed by atoms with van der Waals surface area (Å²) in [5.74, 6) is -1.01. The molecule has 0 saturated heterocycles. The Morgan fingerprint density at radius 1 is 1.09 bits per heavy atom. The molecule has 1 amide bonds. The Bertz CT molecular complexity index is 938. The van der Waals surface area contributed by atoms with Gasteiger partial charge in [-0.2, -0.15) is 0 Å². The quantitative estimate of drug-likeness (QED) is 0.686. The van der Waals surface area contributed by atoms with E-state index in [0.29, 0.717) is 11.0 Å². The number of carboxylic acids is 1. The number of rotatable bonds is 3. The van der Waals surface area contributed by atoms with Crippen molar-refractivity contribution in [2.24, 2.45) is 0 Å². The van der Waals surface area contributed by atoms with Crippen LogP contribution in [0.4, 0.5) is 4.79 Å². The average molecular weight is 311 g/mol. The molecule has 0 aliphatic rings. The number of nitrogens with zero attached hydrogens (tertiary/aromatic N) is 1. The molecule has 0 unspecified atom stereocenters. The van der Waals surface area contributed by atoms with E-state index in [1.165, 1.54) is 12.1 Å². The molecule has 0 atom stereocenters. The van der Waals surface area contributed by atoms with Crippen LogP contribution in [0.3, 0.4) is 0 Å². The largest absolute Gasteiger partial charge is 0.478 e. The summed E-state index contributed by atoms with van der Waals surface area (Å²) in [4.78, 5) is 37.5. The molecule has 3 rings (SSSR count). The topological polar surface area (TPSA) is 104 Å². The Morgan fingerprint density at radius 2 is 1.78 bits per heavy atom. The Morgan fingerprint density at radius 3 is 2.48 bits per heavy atom. The van der Waals surface area contributed by atoms with Crippen molar-refractivity contribution in [1.82, 2.24) is 14.9 Å². The van der Waals surface area contributed by atoms with Gasteiger partial charge in [-0.15, -0.1) is 0 Å². The van der Waals surface area contributed by atoms with Crippen molar-refractivity contribution in [2.45, 2.75) is 6.54 Å². The first-order valence-electron chi connectivity index (χ1n) is 6.86. The van der Waals surface area contributed by atoms with Crippen LogP contribution in [0.25, 0.3) is 11.0 Å². The van der Waals surface area contributed by atoms with Gasteiger partial charge in [-0.1, -0.05) is 24.3 Å². The zero-order valence-corrected chi connectivity index (χ0v) is 11.9. The van der Waals surface area contributed by atoms with Gasteiger partial charge in [0.2, 0.25) is 0 Å². The lowest BCUT2D eigenvalue weighted by molar-refractivity contribution is 0.0697. The molecule has 0 radical (unpaired) electrons. The number of amides is 1. The van der Waals surface area contributed by atoms with Crippen molar-refractivity contribution in [3.8, 4) is 0 Å². The Balaban J connectivity index is 1.77. The van der Waals surface area contributed by atoms with Crippen LogP contribution in [0.15, 0.2) is 53.3 Å². The monoisotopic (exact) mass is 311 g/mol. The van der Waals surface area contributed by atoms with E-state index in [-0.39, 0.29) is 12.1 Å². The maximum Gasteiger partial charge on any atom is 0.335 e. The first-order chi connectivity index (χ1) is 11.1. The minimum atomic E-state index is -1.01. The Hall–Kier alpha value is -3.35. The maximum atomic E-state index is 12.2. The Kier molecular flexibility index (Phi) is 3.68. The number of benzene rings is 2. The summed E-state index contributed by atoms with van der Waals surface area (Å²) in [6.07, 6.45) is 0. The van der Waals surface area contributed by atoms with Crippen molar-refractivity contribution in [3.63, 3.8) is 0 Å². The molecule has 0 aliphatic heterocycles. The molecule has 7 heteroatoms. The van der Waals surface area contributed by atoms with E-state index in [1.54, 1.807) is 36.4 Å². The van der Waals surface area contributed by atoms with E-state index in [1.807, 2.05) is 0 Å². The number of imidazole rings is 1. The van der Waals surface area contributed by atoms with Gasteiger partial charge in [0.05, 0.1) is 16.6 Å². The lowest BCUT2D eigenvalue weighted by Crippen LogP contribution is -2.34. The Labute approximate surface area is 130 Å². The lowest BCUT2D eigenvalue weighted by atomic mass is 10.1. The van der Waals surface area contributed by atoms with E-state index in [4.69, 9.17) is 5.11 Å². The number of hydrogen-bond donors (Lipinski definition) is 3. The van der Waals surface area contributed by atoms with Crippen LogP contribution in [0, 0.1) is 0 Å². The summed E-state index contributed by atoms with van der Waals surface area (Å²) in [6.45, 7) is 0.185. The molecule has 3 N–H and O–H groups in total. The smallest absolute Gasteiger partial charge is 0.335 e. The molecule has 0 fully saturated rings. The van der Waals surface area contributed by atoms with Gasteiger partial charge in [-0.05, 0) is 29.8 Å². The van der Waals surface area contributed by atoms with Crippen LogP contribution >= 0.6 is 0 Å². The summed E-state index contributed by atoms with van der Waals surface area (Å²) in [5, 5.41) is 11.5. The third-order valence-electron chi connectivity index (χ3n) is 3.44. The predicted octanol–water partition coefficient (Wildman–Crippen LogP) is 1.79. The highest BCUT2D eigenvalue weighted by atomic mass is 16.4. The summed E-state index contributed by atoms with van der Waals surface area (Å²) in [7, 11) is 0. The normalized spacial score (nSPS) is 10.6. The summed E-state index contributed by atoms with van der Waals surface area (Å²) < 4.78 is 1.03. The predicted molar refractivity (Wildman–Crippen MR) is 83.6 cm³/mol. The molecule has 7 nitrogen and oxygen atoms in total. The fourth-order valence-electron chi connectivity index (χ4n) is 2.28. The second-order valence-corrected chi connectivity index (χ2v) is 4.94. The van der Waals surface area contributed by atoms with Crippen molar-refractivity contribution in [1.29, 1.82) is 0 Å². The van der Waals surface area contributed by atoms with Crippen molar-refractivity contribution in [3.05, 3.63) is 70.1 Å². The first-order valence-corrected chi connectivity index (χ1v) is 6.86. The van der Waals surface area contributed by atoms with Gasteiger partial charge in [0.1, 0.15) is 0 Å². The fourth-order valence-corrected chi connectivity index (χ4v) is 2.28. The molecule has 0 bridgehead atoms. The number of aromatic carboxylic acids is 1. The standard InChI is InChI=1S/C16H13N3O4/c20-14(21)11-7-5-10(6-8-11)9-17-15(22)19-13-4-2-1-3-12(13)18-16(19)23/h1-8H,9H2,(H,17,22)(H,18,23)(H,20,21). The number of carboxylic acid groups (broad SMARTS) is 1. The highest BCUT2D eigenvalue weighted by molar-refractivity contribution is 5.89. The number of nitrogens with one attached hydrogen (secondary N) is 2. The third kappa shape index (κ3) is 2.84. The average Bonchev–Trinajstić information content (AvgIpc) is 2.88. The van der Waals surface area contributed by atoms with Gasteiger partial charge < -0.3 is 15.4 Å². The molecule has 23 heavy (non-hydrogen) atoms. The van der Waals surface area contributed by atoms with E-state index >= 15 is 0 Å². The molecule has 0 aliphatic carbocycles. The number of aromatic amines is 1. The van der Waals surface area contributed by atoms with Gasteiger partial charge in [0.25, 0.3) is 0 Å². The summed E-state index contributed by atoms with van der Waals surface area (Å²) in [5.41, 5.74) is 1.48. The molecule has 116 valence electrons. The fraction of sp³-hybridized carbons (Fsp3) is 0.0625. The van der Waals surface area contributed by atoms with Crippen LogP contribution in [0.1, 0.15) is 15.9 Å². The molecule has 1 aromatic heterocycles. The van der Waals surface area contributed by atoms with Gasteiger partial charge in [0.15, 0.2) is 0 Å². The molecular weight excluding hydrogens is 298 g/mol. The van der Waals surface area contributed by atoms with Gasteiger partial charge >= 0.3 is 17.7 Å². The highest BCUT2D eigenvalue weighted by Crippen LogP contribution is 2.09. The number of carbonyl (C=O) groups excluding carboxylic acids is 1.